The molecule has 1 aromatic carbocycles. The SMILES string of the molecule is C=CCNC(=O)CN1CCNC(=O)[C@@H]1c1ccccc1Cl. The summed E-state index contributed by atoms with van der Waals surface area (Å²) in [5, 5.41) is 6.06. The highest BCUT2D eigenvalue weighted by Gasteiger charge is 2.33. The van der Waals surface area contributed by atoms with Crippen LogP contribution in [0.1, 0.15) is 11.6 Å². The van der Waals surface area contributed by atoms with Crippen molar-refractivity contribution in [2.24, 2.45) is 0 Å². The van der Waals surface area contributed by atoms with Crippen LogP contribution >= 0.6 is 11.6 Å². The molecule has 1 heterocycles. The molecule has 6 heteroatoms. The van der Waals surface area contributed by atoms with Crippen molar-refractivity contribution in [1.82, 2.24) is 15.5 Å². The van der Waals surface area contributed by atoms with Gasteiger partial charge in [-0.2, -0.15) is 0 Å². The van der Waals surface area contributed by atoms with Crippen LogP contribution in [0.4, 0.5) is 0 Å². The van der Waals surface area contributed by atoms with Gasteiger partial charge in [-0.05, 0) is 11.6 Å². The molecule has 0 bridgehead atoms. The lowest BCUT2D eigenvalue weighted by molar-refractivity contribution is -0.131. The number of hydrogen-bond donors (Lipinski definition) is 2. The molecule has 1 aromatic rings. The van der Waals surface area contributed by atoms with E-state index in [9.17, 15) is 9.59 Å². The number of benzene rings is 1. The van der Waals surface area contributed by atoms with E-state index in [0.717, 1.165) is 0 Å². The fourth-order valence-corrected chi connectivity index (χ4v) is 2.58. The lowest BCUT2D eigenvalue weighted by Gasteiger charge is -2.35. The predicted molar refractivity (Wildman–Crippen MR) is 82.0 cm³/mol. The molecular weight excluding hydrogens is 290 g/mol. The average Bonchev–Trinajstić information content (AvgIpc) is 2.47. The molecule has 1 atom stereocenters. The zero-order valence-corrected chi connectivity index (χ0v) is 12.4. The highest BCUT2D eigenvalue weighted by molar-refractivity contribution is 6.31. The molecule has 5 nitrogen and oxygen atoms in total. The van der Waals surface area contributed by atoms with Crippen molar-refractivity contribution in [3.8, 4) is 0 Å². The molecule has 2 amide bonds. The number of hydrogen-bond acceptors (Lipinski definition) is 3. The second-order valence-corrected chi connectivity index (χ2v) is 5.19. The van der Waals surface area contributed by atoms with Crippen LogP contribution in [0.25, 0.3) is 0 Å². The second kappa shape index (κ2) is 7.24. The van der Waals surface area contributed by atoms with Gasteiger partial charge in [0.05, 0.1) is 6.54 Å². The van der Waals surface area contributed by atoms with Crippen molar-refractivity contribution < 1.29 is 9.59 Å². The first-order valence-corrected chi connectivity index (χ1v) is 7.15. The van der Waals surface area contributed by atoms with E-state index in [4.69, 9.17) is 11.6 Å². The minimum Gasteiger partial charge on any atom is -0.353 e. The smallest absolute Gasteiger partial charge is 0.242 e. The Labute approximate surface area is 129 Å². The molecule has 0 saturated carbocycles. The summed E-state index contributed by atoms with van der Waals surface area (Å²) in [6.45, 7) is 5.24. The second-order valence-electron chi connectivity index (χ2n) is 4.78. The van der Waals surface area contributed by atoms with E-state index in [1.165, 1.54) is 0 Å². The van der Waals surface area contributed by atoms with Crippen LogP contribution in [0.15, 0.2) is 36.9 Å². The predicted octanol–water partition coefficient (Wildman–Crippen LogP) is 1.12. The number of halogens is 1. The lowest BCUT2D eigenvalue weighted by Crippen LogP contribution is -2.52. The van der Waals surface area contributed by atoms with Crippen LogP contribution in [-0.4, -0.2) is 42.9 Å². The number of rotatable bonds is 5. The molecule has 1 saturated heterocycles. The maximum atomic E-state index is 12.2. The van der Waals surface area contributed by atoms with Gasteiger partial charge in [-0.1, -0.05) is 35.9 Å². The topological polar surface area (TPSA) is 61.4 Å². The summed E-state index contributed by atoms with van der Waals surface area (Å²) in [6.07, 6.45) is 1.62. The highest BCUT2D eigenvalue weighted by Crippen LogP contribution is 2.28. The van der Waals surface area contributed by atoms with Gasteiger partial charge in [0.25, 0.3) is 0 Å². The lowest BCUT2D eigenvalue weighted by atomic mass is 10.0. The number of carbonyl (C=O) groups excluding carboxylic acids is 2. The summed E-state index contributed by atoms with van der Waals surface area (Å²) in [5.74, 6) is -0.271. The van der Waals surface area contributed by atoms with Crippen molar-refractivity contribution in [2.75, 3.05) is 26.2 Å². The van der Waals surface area contributed by atoms with Gasteiger partial charge in [0.2, 0.25) is 11.8 Å². The maximum absolute atomic E-state index is 12.2. The van der Waals surface area contributed by atoms with E-state index in [2.05, 4.69) is 17.2 Å². The Morgan fingerprint density at radius 3 is 3.00 bits per heavy atom. The van der Waals surface area contributed by atoms with E-state index in [0.29, 0.717) is 30.2 Å². The molecule has 0 unspecified atom stereocenters. The Hall–Kier alpha value is -1.85. The summed E-state index contributed by atoms with van der Waals surface area (Å²) in [7, 11) is 0. The summed E-state index contributed by atoms with van der Waals surface area (Å²) in [4.78, 5) is 25.9. The number of nitrogens with one attached hydrogen (secondary N) is 2. The average molecular weight is 308 g/mol. The summed E-state index contributed by atoms with van der Waals surface area (Å²) in [6, 6.07) is 6.66. The molecule has 1 aliphatic heterocycles. The molecule has 2 N–H and O–H groups in total. The van der Waals surface area contributed by atoms with Crippen LogP contribution in [0.5, 0.6) is 0 Å². The van der Waals surface area contributed by atoms with E-state index >= 15 is 0 Å². The monoisotopic (exact) mass is 307 g/mol. The van der Waals surface area contributed by atoms with Gasteiger partial charge in [-0.25, -0.2) is 0 Å². The quantitative estimate of drug-likeness (QED) is 0.801. The minimum atomic E-state index is -0.540. The third kappa shape index (κ3) is 3.83. The van der Waals surface area contributed by atoms with Gasteiger partial charge in [0, 0.05) is 24.7 Å². The Kier molecular flexibility index (Phi) is 5.36. The van der Waals surface area contributed by atoms with Crippen molar-refractivity contribution >= 4 is 23.4 Å². The third-order valence-electron chi connectivity index (χ3n) is 3.30. The van der Waals surface area contributed by atoms with Gasteiger partial charge < -0.3 is 10.6 Å². The van der Waals surface area contributed by atoms with E-state index < -0.39 is 6.04 Å². The first-order valence-electron chi connectivity index (χ1n) is 6.77. The number of piperazine rings is 1. The molecule has 21 heavy (non-hydrogen) atoms. The van der Waals surface area contributed by atoms with Crippen LogP contribution in [0.3, 0.4) is 0 Å². The van der Waals surface area contributed by atoms with Crippen LogP contribution in [0, 0.1) is 0 Å². The van der Waals surface area contributed by atoms with Gasteiger partial charge in [0.1, 0.15) is 6.04 Å². The van der Waals surface area contributed by atoms with E-state index in [1.807, 2.05) is 23.1 Å². The van der Waals surface area contributed by atoms with Crippen molar-refractivity contribution in [3.63, 3.8) is 0 Å². The molecule has 1 fully saturated rings. The maximum Gasteiger partial charge on any atom is 0.242 e. The Balaban J connectivity index is 2.18. The first kappa shape index (κ1) is 15.5. The largest absolute Gasteiger partial charge is 0.353 e. The number of carbonyl (C=O) groups is 2. The van der Waals surface area contributed by atoms with Crippen LogP contribution < -0.4 is 10.6 Å². The molecule has 0 aliphatic carbocycles. The Bertz CT molecular complexity index is 547. The van der Waals surface area contributed by atoms with Crippen molar-refractivity contribution in [3.05, 3.63) is 47.5 Å². The zero-order chi connectivity index (χ0) is 15.2. The van der Waals surface area contributed by atoms with Crippen molar-refractivity contribution in [2.45, 2.75) is 6.04 Å². The van der Waals surface area contributed by atoms with Gasteiger partial charge in [0.15, 0.2) is 0 Å². The zero-order valence-electron chi connectivity index (χ0n) is 11.6. The molecule has 0 aromatic heterocycles. The number of nitrogens with zero attached hydrogens (tertiary/aromatic N) is 1. The minimum absolute atomic E-state index is 0.133. The summed E-state index contributed by atoms with van der Waals surface area (Å²) in [5.41, 5.74) is 0.716. The molecular formula is C15H18ClN3O2. The van der Waals surface area contributed by atoms with E-state index in [1.54, 1.807) is 12.1 Å². The number of amides is 2. The fourth-order valence-electron chi connectivity index (χ4n) is 2.35. The molecule has 112 valence electrons. The van der Waals surface area contributed by atoms with Crippen LogP contribution in [-0.2, 0) is 9.59 Å². The van der Waals surface area contributed by atoms with Crippen LogP contribution in [0.2, 0.25) is 5.02 Å². The normalized spacial score (nSPS) is 18.9. The third-order valence-corrected chi connectivity index (χ3v) is 3.65. The molecule has 0 spiro atoms. The molecule has 0 radical (unpaired) electrons. The standard InChI is InChI=1S/C15H18ClN3O2/c1-2-7-17-13(20)10-19-9-8-18-15(21)14(19)11-5-3-4-6-12(11)16/h2-6,14H,1,7-10H2,(H,17,20)(H,18,21)/t14-/m0/s1. The van der Waals surface area contributed by atoms with Gasteiger partial charge >= 0.3 is 0 Å². The summed E-state index contributed by atoms with van der Waals surface area (Å²) < 4.78 is 0. The fraction of sp³-hybridized carbons (Fsp3) is 0.333. The Morgan fingerprint density at radius 2 is 2.29 bits per heavy atom. The molecule has 1 aliphatic rings. The van der Waals surface area contributed by atoms with Crippen molar-refractivity contribution in [1.29, 1.82) is 0 Å². The van der Waals surface area contributed by atoms with Gasteiger partial charge in [-0.15, -0.1) is 6.58 Å². The molecule has 2 rings (SSSR count). The highest BCUT2D eigenvalue weighted by atomic mass is 35.5. The van der Waals surface area contributed by atoms with E-state index in [-0.39, 0.29) is 18.4 Å². The summed E-state index contributed by atoms with van der Waals surface area (Å²) >= 11 is 6.19. The first-order chi connectivity index (χ1) is 10.1. The Morgan fingerprint density at radius 1 is 1.52 bits per heavy atom. The van der Waals surface area contributed by atoms with Gasteiger partial charge in [-0.3, -0.25) is 14.5 Å².